The minimum absolute atomic E-state index is 0. The van der Waals surface area contributed by atoms with Crippen LogP contribution in [-0.2, 0) is 35.1 Å². The Hall–Kier alpha value is -0.760. The second kappa shape index (κ2) is 11.7. The Labute approximate surface area is 234 Å². The average molecular weight is 542 g/mol. The summed E-state index contributed by atoms with van der Waals surface area (Å²) in [4.78, 5) is 20.4. The summed E-state index contributed by atoms with van der Waals surface area (Å²) in [5.74, 6) is 0.461. The first kappa shape index (κ1) is 30.5. The van der Waals surface area contributed by atoms with E-state index in [2.05, 4.69) is 4.98 Å². The summed E-state index contributed by atoms with van der Waals surface area (Å²) in [5.41, 5.74) is -0.237. The minimum atomic E-state index is -3.66. The molecule has 0 radical (unpaired) electrons. The molecule has 194 valence electrons. The molecule has 2 saturated heterocycles. The molecule has 3 heterocycles. The third-order valence-electron chi connectivity index (χ3n) is 6.42. The number of carbonyl (C=O) groups is 1. The maximum absolute atomic E-state index is 13.2. The predicted octanol–water partition coefficient (Wildman–Crippen LogP) is -0.335. The van der Waals surface area contributed by atoms with Gasteiger partial charge in [0.2, 0.25) is 11.1 Å². The smallest absolute Gasteiger partial charge is 1.00 e. The van der Waals surface area contributed by atoms with Crippen LogP contribution < -0.4 is 34.5 Å². The number of hydrogen-bond acceptors (Lipinski definition) is 8. The Morgan fingerprint density at radius 1 is 1.31 bits per heavy atom. The molecule has 2 atom stereocenters. The Morgan fingerprint density at radius 3 is 2.46 bits per heavy atom. The van der Waals surface area contributed by atoms with Gasteiger partial charge in [-0.25, -0.2) is 22.4 Å². The molecule has 1 N–H and O–H groups in total. The van der Waals surface area contributed by atoms with E-state index in [0.29, 0.717) is 31.1 Å². The van der Waals surface area contributed by atoms with Crippen LogP contribution in [0, 0.1) is 0 Å². The fourth-order valence-corrected chi connectivity index (χ4v) is 6.41. The summed E-state index contributed by atoms with van der Waals surface area (Å²) in [6.07, 6.45) is 1.76. The van der Waals surface area contributed by atoms with Gasteiger partial charge in [0.15, 0.2) is 14.9 Å². The fourth-order valence-electron chi connectivity index (χ4n) is 4.54. The summed E-state index contributed by atoms with van der Waals surface area (Å²) >= 11 is -2.39. The second-order valence-electron chi connectivity index (χ2n) is 9.87. The van der Waals surface area contributed by atoms with Gasteiger partial charge >= 0.3 is 35.7 Å². The minimum Gasteiger partial charge on any atom is -1.00 e. The number of morpholine rings is 1. The molecule has 10 nitrogen and oxygen atoms in total. The van der Waals surface area contributed by atoms with Crippen molar-refractivity contribution in [1.82, 2.24) is 9.88 Å². The van der Waals surface area contributed by atoms with Crippen molar-refractivity contribution in [3.05, 3.63) is 17.7 Å². The molecule has 0 aliphatic carbocycles. The van der Waals surface area contributed by atoms with Gasteiger partial charge in [0.1, 0.15) is 16.2 Å². The molecule has 35 heavy (non-hydrogen) atoms. The van der Waals surface area contributed by atoms with Gasteiger partial charge in [-0.05, 0) is 57.7 Å². The van der Waals surface area contributed by atoms with E-state index in [0.717, 1.165) is 6.42 Å². The molecule has 0 bridgehead atoms. The van der Waals surface area contributed by atoms with Crippen LogP contribution in [-0.4, -0.2) is 83.9 Å². The van der Waals surface area contributed by atoms with Gasteiger partial charge in [0, 0.05) is 25.9 Å². The normalized spacial score (nSPS) is 21.7. The van der Waals surface area contributed by atoms with Crippen molar-refractivity contribution in [3.63, 3.8) is 0 Å². The number of anilines is 1. The molecule has 2 unspecified atom stereocenters. The zero-order valence-electron chi connectivity index (χ0n) is 22.4. The Bertz CT molecular complexity index is 1040. The van der Waals surface area contributed by atoms with Crippen LogP contribution >= 0.6 is 0 Å². The number of pyridine rings is 1. The number of nitrogens with zero attached hydrogens (tertiary/aromatic N) is 3. The molecule has 1 amide bonds. The largest absolute Gasteiger partial charge is 1.00 e. The van der Waals surface area contributed by atoms with Crippen molar-refractivity contribution in [2.24, 2.45) is 0 Å². The van der Waals surface area contributed by atoms with Crippen LogP contribution in [0.4, 0.5) is 10.6 Å². The average Bonchev–Trinajstić information content (AvgIpc) is 2.76. The molecular weight excluding hydrogens is 505 g/mol. The molecule has 2 aliphatic heterocycles. The SMILES string of the molecule is CCC1COCCN1c1cc(C2(S(C)(=O)=O)CCN(C(=O)OC(C)(C)C)CC2)cc(S(=O)O)n1.[H-].[Na+]. The number of likely N-dealkylation sites (tertiary alicyclic amines) is 1. The van der Waals surface area contributed by atoms with Crippen LogP contribution in [0.2, 0.25) is 0 Å². The molecule has 1 aromatic heterocycles. The van der Waals surface area contributed by atoms with Gasteiger partial charge in [-0.1, -0.05) is 6.92 Å². The molecule has 0 saturated carbocycles. The van der Waals surface area contributed by atoms with Gasteiger partial charge < -0.3 is 25.3 Å². The van der Waals surface area contributed by atoms with Crippen molar-refractivity contribution >= 4 is 32.8 Å². The summed E-state index contributed by atoms with van der Waals surface area (Å²) < 4.78 is 57.9. The van der Waals surface area contributed by atoms with Gasteiger partial charge in [0.25, 0.3) is 0 Å². The first-order valence-corrected chi connectivity index (χ1v) is 14.4. The zero-order valence-corrected chi connectivity index (χ0v) is 25.1. The summed E-state index contributed by atoms with van der Waals surface area (Å²) in [5, 5.41) is -0.0913. The molecule has 0 spiro atoms. The van der Waals surface area contributed by atoms with E-state index in [1.807, 2.05) is 11.8 Å². The number of carbonyl (C=O) groups excluding carboxylic acids is 1. The maximum atomic E-state index is 13.2. The topological polar surface area (TPSA) is 126 Å². The van der Waals surface area contributed by atoms with Crippen molar-refractivity contribution in [2.75, 3.05) is 44.0 Å². The molecule has 2 fully saturated rings. The number of hydrogen-bond donors (Lipinski definition) is 1. The zero-order chi connectivity index (χ0) is 25.3. The standard InChI is InChI=1S/C22H35N3O7S2.Na.H/c1-6-17-15-31-12-11-25(17)18-13-16(14-19(23-18)33(27)28)22(34(5,29)30)7-9-24(10-8-22)20(26)32-21(2,3)4;;/h13-14,17H,6-12,15H2,1-5H3,(H,27,28);;/q;+1;-1. The van der Waals surface area contributed by atoms with Crippen molar-refractivity contribution in [1.29, 1.82) is 0 Å². The maximum Gasteiger partial charge on any atom is 1.00 e. The van der Waals surface area contributed by atoms with Gasteiger partial charge in [-0.2, -0.15) is 0 Å². The van der Waals surface area contributed by atoms with Crippen molar-refractivity contribution in [3.8, 4) is 0 Å². The van der Waals surface area contributed by atoms with Gasteiger partial charge in [-0.15, -0.1) is 0 Å². The van der Waals surface area contributed by atoms with Crippen LogP contribution in [0.5, 0.6) is 0 Å². The number of piperidine rings is 1. The summed E-state index contributed by atoms with van der Waals surface area (Å²) in [7, 11) is -3.66. The molecule has 1 aromatic rings. The Kier molecular flexibility index (Phi) is 10.2. The molecular formula is C22H36N3NaO7S2. The molecule has 2 aliphatic rings. The predicted molar refractivity (Wildman–Crippen MR) is 130 cm³/mol. The first-order valence-electron chi connectivity index (χ1n) is 11.4. The Balaban J connectivity index is 0.00000324. The fraction of sp³-hybridized carbons (Fsp3) is 0.727. The third kappa shape index (κ3) is 6.97. The molecule has 13 heteroatoms. The monoisotopic (exact) mass is 541 g/mol. The first-order chi connectivity index (χ1) is 15.8. The number of amides is 1. The quantitative estimate of drug-likeness (QED) is 0.394. The van der Waals surface area contributed by atoms with Crippen LogP contribution in [0.3, 0.4) is 0 Å². The summed E-state index contributed by atoms with van der Waals surface area (Å²) in [6, 6.07) is 3.15. The van der Waals surface area contributed by atoms with E-state index >= 15 is 0 Å². The third-order valence-corrected chi connectivity index (χ3v) is 9.05. The van der Waals surface area contributed by atoms with E-state index in [9.17, 15) is 22.0 Å². The van der Waals surface area contributed by atoms with Gasteiger partial charge in [0.05, 0.1) is 19.3 Å². The van der Waals surface area contributed by atoms with Crippen LogP contribution in [0.25, 0.3) is 0 Å². The van der Waals surface area contributed by atoms with E-state index in [1.54, 1.807) is 26.8 Å². The van der Waals surface area contributed by atoms with Crippen molar-refractivity contribution < 1.29 is 62.4 Å². The van der Waals surface area contributed by atoms with Crippen LogP contribution in [0.15, 0.2) is 17.2 Å². The molecule has 3 rings (SSSR count). The summed E-state index contributed by atoms with van der Waals surface area (Å²) in [6.45, 7) is 9.26. The van der Waals surface area contributed by atoms with Crippen LogP contribution in [0.1, 0.15) is 53.9 Å². The van der Waals surface area contributed by atoms with Gasteiger partial charge in [-0.3, -0.25) is 0 Å². The molecule has 0 aromatic carbocycles. The number of aromatic nitrogens is 1. The Morgan fingerprint density at radius 2 is 1.94 bits per heavy atom. The number of sulfone groups is 1. The number of ether oxygens (including phenoxy) is 2. The van der Waals surface area contributed by atoms with E-state index < -0.39 is 37.4 Å². The van der Waals surface area contributed by atoms with E-state index in [-0.39, 0.29) is 68.0 Å². The van der Waals surface area contributed by atoms with Crippen molar-refractivity contribution in [2.45, 2.75) is 68.4 Å². The van der Waals surface area contributed by atoms with E-state index in [1.165, 1.54) is 17.2 Å². The second-order valence-corrected chi connectivity index (χ2v) is 13.1. The van der Waals surface area contributed by atoms with E-state index in [4.69, 9.17) is 9.47 Å². The number of rotatable bonds is 5.